The Labute approximate surface area is 190 Å². The Balaban J connectivity index is 1.42. The SMILES string of the molecule is COc1ccc([C@H]2OCCC34C[C@@H](C[C@H]23)C(C)(C)[C@@H]4NC(=O)Cc2ccccc2)cc1O. The van der Waals surface area contributed by atoms with Gasteiger partial charge in [0.1, 0.15) is 0 Å². The Bertz CT molecular complexity index is 1000. The molecule has 1 aliphatic heterocycles. The van der Waals surface area contributed by atoms with Gasteiger partial charge in [-0.15, -0.1) is 0 Å². The fraction of sp³-hybridized carbons (Fsp3) is 0.519. The largest absolute Gasteiger partial charge is 0.504 e. The van der Waals surface area contributed by atoms with Gasteiger partial charge in [0.15, 0.2) is 11.5 Å². The van der Waals surface area contributed by atoms with Crippen LogP contribution in [0.2, 0.25) is 0 Å². The maximum absolute atomic E-state index is 13.1. The second-order valence-corrected chi connectivity index (χ2v) is 10.4. The van der Waals surface area contributed by atoms with Crippen LogP contribution in [0.1, 0.15) is 50.3 Å². The van der Waals surface area contributed by atoms with Crippen LogP contribution in [0.25, 0.3) is 0 Å². The van der Waals surface area contributed by atoms with Gasteiger partial charge in [0.05, 0.1) is 19.6 Å². The van der Waals surface area contributed by atoms with Gasteiger partial charge in [-0.05, 0) is 65.2 Å². The maximum Gasteiger partial charge on any atom is 0.224 e. The third kappa shape index (κ3) is 3.29. The number of phenols is 1. The van der Waals surface area contributed by atoms with E-state index in [-0.39, 0.29) is 34.6 Å². The van der Waals surface area contributed by atoms with Crippen LogP contribution in [-0.2, 0) is 16.0 Å². The summed E-state index contributed by atoms with van der Waals surface area (Å²) in [5.74, 6) is 1.58. The molecular weight excluding hydrogens is 402 g/mol. The number of carbonyl (C=O) groups excluding carboxylic acids is 1. The van der Waals surface area contributed by atoms with Gasteiger partial charge >= 0.3 is 0 Å². The number of fused-ring (bicyclic) bond motifs is 1. The number of carbonyl (C=O) groups is 1. The summed E-state index contributed by atoms with van der Waals surface area (Å²) in [5, 5.41) is 13.8. The van der Waals surface area contributed by atoms with Crippen LogP contribution in [-0.4, -0.2) is 30.8 Å². The Kier molecular flexibility index (Phi) is 5.20. The van der Waals surface area contributed by atoms with Crippen molar-refractivity contribution in [3.8, 4) is 11.5 Å². The van der Waals surface area contributed by atoms with Crippen LogP contribution in [0.3, 0.4) is 0 Å². The van der Waals surface area contributed by atoms with Gasteiger partial charge in [-0.25, -0.2) is 0 Å². The molecule has 1 spiro atoms. The van der Waals surface area contributed by atoms with Crippen molar-refractivity contribution in [3.63, 3.8) is 0 Å². The number of methoxy groups -OCH3 is 1. The summed E-state index contributed by atoms with van der Waals surface area (Å²) < 4.78 is 11.5. The molecule has 3 aliphatic rings. The van der Waals surface area contributed by atoms with Crippen molar-refractivity contribution < 1.29 is 19.4 Å². The van der Waals surface area contributed by atoms with Crippen LogP contribution in [0.4, 0.5) is 0 Å². The Hall–Kier alpha value is -2.53. The van der Waals surface area contributed by atoms with Gasteiger partial charge in [-0.1, -0.05) is 50.2 Å². The second-order valence-electron chi connectivity index (χ2n) is 10.4. The zero-order valence-corrected chi connectivity index (χ0v) is 19.1. The molecule has 1 unspecified atom stereocenters. The average Bonchev–Trinajstić information content (AvgIpc) is 3.27. The maximum atomic E-state index is 13.1. The molecule has 1 saturated heterocycles. The van der Waals surface area contributed by atoms with E-state index < -0.39 is 0 Å². The number of nitrogens with one attached hydrogen (secondary N) is 1. The Morgan fingerprint density at radius 2 is 2.00 bits per heavy atom. The first-order chi connectivity index (χ1) is 15.3. The third-order valence-electron chi connectivity index (χ3n) is 8.55. The fourth-order valence-electron chi connectivity index (χ4n) is 6.99. The molecule has 5 rings (SSSR count). The lowest BCUT2D eigenvalue weighted by molar-refractivity contribution is -0.136. The van der Waals surface area contributed by atoms with Crippen LogP contribution in [0.15, 0.2) is 48.5 Å². The molecule has 0 radical (unpaired) electrons. The molecule has 5 heteroatoms. The van der Waals surface area contributed by atoms with E-state index in [4.69, 9.17) is 9.47 Å². The smallest absolute Gasteiger partial charge is 0.224 e. The molecule has 170 valence electrons. The zero-order valence-electron chi connectivity index (χ0n) is 19.1. The monoisotopic (exact) mass is 435 g/mol. The third-order valence-corrected chi connectivity index (χ3v) is 8.55. The molecule has 1 amide bonds. The van der Waals surface area contributed by atoms with Crippen LogP contribution < -0.4 is 10.1 Å². The van der Waals surface area contributed by atoms with E-state index in [1.807, 2.05) is 42.5 Å². The van der Waals surface area contributed by atoms with Crippen LogP contribution in [0, 0.1) is 22.7 Å². The predicted molar refractivity (Wildman–Crippen MR) is 122 cm³/mol. The number of amides is 1. The van der Waals surface area contributed by atoms with Crippen molar-refractivity contribution in [2.75, 3.05) is 13.7 Å². The number of benzene rings is 2. The average molecular weight is 436 g/mol. The molecule has 2 bridgehead atoms. The van der Waals surface area contributed by atoms with Gasteiger partial charge in [0.25, 0.3) is 0 Å². The topological polar surface area (TPSA) is 67.8 Å². The minimum absolute atomic E-state index is 0.0268. The van der Waals surface area contributed by atoms with Crippen molar-refractivity contribution in [2.45, 2.75) is 51.7 Å². The van der Waals surface area contributed by atoms with E-state index in [0.29, 0.717) is 30.6 Å². The summed E-state index contributed by atoms with van der Waals surface area (Å²) in [7, 11) is 1.56. The standard InChI is InChI=1S/C27H33NO4/c1-26(2)19-15-20-24(18-9-10-22(31-3)21(29)14-18)32-12-11-27(20,16-19)25(26)28-23(30)13-17-7-5-4-6-8-17/h4-10,14,19-20,24-25,29H,11-13,15-16H2,1-3H3,(H,28,30)/t19-,20-,24-,25+,27?/m1/s1. The minimum atomic E-state index is -0.0739. The number of aromatic hydroxyl groups is 1. The molecule has 2 aliphatic carbocycles. The highest BCUT2D eigenvalue weighted by Crippen LogP contribution is 2.70. The molecule has 1 heterocycles. The molecule has 5 atom stereocenters. The molecule has 2 aromatic rings. The number of hydrogen-bond donors (Lipinski definition) is 2. The van der Waals surface area contributed by atoms with Gasteiger partial charge < -0.3 is 19.9 Å². The molecular formula is C27H33NO4. The van der Waals surface area contributed by atoms with Gasteiger partial charge in [-0.2, -0.15) is 0 Å². The normalized spacial score (nSPS) is 32.3. The highest BCUT2D eigenvalue weighted by atomic mass is 16.5. The number of rotatable bonds is 5. The van der Waals surface area contributed by atoms with Crippen molar-refractivity contribution in [2.24, 2.45) is 22.7 Å². The summed E-state index contributed by atoms with van der Waals surface area (Å²) in [5.41, 5.74) is 2.11. The van der Waals surface area contributed by atoms with Crippen molar-refractivity contribution in [1.29, 1.82) is 0 Å². The first-order valence-corrected chi connectivity index (χ1v) is 11.7. The van der Waals surface area contributed by atoms with Crippen molar-refractivity contribution >= 4 is 5.91 Å². The molecule has 0 aromatic heterocycles. The van der Waals surface area contributed by atoms with E-state index in [1.165, 1.54) is 0 Å². The van der Waals surface area contributed by atoms with Crippen LogP contribution >= 0.6 is 0 Å². The van der Waals surface area contributed by atoms with E-state index in [9.17, 15) is 9.90 Å². The minimum Gasteiger partial charge on any atom is -0.504 e. The van der Waals surface area contributed by atoms with E-state index in [1.54, 1.807) is 13.2 Å². The van der Waals surface area contributed by atoms with E-state index >= 15 is 0 Å². The first-order valence-electron chi connectivity index (χ1n) is 11.7. The van der Waals surface area contributed by atoms with E-state index in [2.05, 4.69) is 19.2 Å². The van der Waals surface area contributed by atoms with Gasteiger partial charge in [0.2, 0.25) is 5.91 Å². The highest BCUT2D eigenvalue weighted by molar-refractivity contribution is 5.79. The molecule has 2 N–H and O–H groups in total. The van der Waals surface area contributed by atoms with Crippen molar-refractivity contribution in [3.05, 3.63) is 59.7 Å². The quantitative estimate of drug-likeness (QED) is 0.718. The second kappa shape index (κ2) is 7.80. The number of ether oxygens (including phenoxy) is 2. The zero-order chi connectivity index (χ0) is 22.5. The molecule has 2 aromatic carbocycles. The highest BCUT2D eigenvalue weighted by Gasteiger charge is 2.68. The summed E-state index contributed by atoms with van der Waals surface area (Å²) in [6.45, 7) is 5.31. The summed E-state index contributed by atoms with van der Waals surface area (Å²) in [6.07, 6.45) is 3.52. The summed E-state index contributed by atoms with van der Waals surface area (Å²) in [6, 6.07) is 15.7. The lowest BCUT2D eigenvalue weighted by Gasteiger charge is -2.53. The Morgan fingerprint density at radius 3 is 2.72 bits per heavy atom. The summed E-state index contributed by atoms with van der Waals surface area (Å²) >= 11 is 0. The first kappa shape index (κ1) is 21.3. The molecule has 5 nitrogen and oxygen atoms in total. The van der Waals surface area contributed by atoms with Crippen LogP contribution in [0.5, 0.6) is 11.5 Å². The predicted octanol–water partition coefficient (Wildman–Crippen LogP) is 4.64. The molecule has 3 fully saturated rings. The number of phenolic OH excluding ortho intramolecular Hbond substituents is 1. The molecule has 2 saturated carbocycles. The molecule has 32 heavy (non-hydrogen) atoms. The van der Waals surface area contributed by atoms with Crippen molar-refractivity contribution in [1.82, 2.24) is 5.32 Å². The van der Waals surface area contributed by atoms with E-state index in [0.717, 1.165) is 30.4 Å². The number of hydrogen-bond acceptors (Lipinski definition) is 4. The fourth-order valence-corrected chi connectivity index (χ4v) is 6.99. The lowest BCUT2D eigenvalue weighted by atomic mass is 9.59. The lowest BCUT2D eigenvalue weighted by Crippen LogP contribution is -2.59. The van der Waals surface area contributed by atoms with Gasteiger partial charge in [-0.3, -0.25) is 4.79 Å². The Morgan fingerprint density at radius 1 is 1.22 bits per heavy atom. The van der Waals surface area contributed by atoms with Gasteiger partial charge in [0, 0.05) is 12.6 Å². The summed E-state index contributed by atoms with van der Waals surface area (Å²) in [4.78, 5) is 13.1.